The first-order valence-corrected chi connectivity index (χ1v) is 5.48. The number of nitrogens with zero attached hydrogens (tertiary/aromatic N) is 3. The van der Waals surface area contributed by atoms with Gasteiger partial charge in [-0.1, -0.05) is 0 Å². The fourth-order valence-electron chi connectivity index (χ4n) is 2.04. The van der Waals surface area contributed by atoms with Crippen LogP contribution in [0.3, 0.4) is 0 Å². The Hall–Kier alpha value is -1.16. The van der Waals surface area contributed by atoms with Crippen molar-refractivity contribution in [1.82, 2.24) is 9.97 Å². The smallest absolute Gasteiger partial charge is 0.225 e. The molecule has 2 heterocycles. The molecule has 0 saturated carbocycles. The molecule has 1 fully saturated rings. The van der Waals surface area contributed by atoms with Gasteiger partial charge in [0.05, 0.1) is 0 Å². The molecule has 2 rings (SSSR count). The molecule has 15 heavy (non-hydrogen) atoms. The molecular formula is C11H18N4. The van der Waals surface area contributed by atoms with E-state index in [2.05, 4.69) is 14.9 Å². The second-order valence-corrected chi connectivity index (χ2v) is 4.30. The first-order chi connectivity index (χ1) is 7.15. The lowest BCUT2D eigenvalue weighted by Crippen LogP contribution is -2.43. The lowest BCUT2D eigenvalue weighted by molar-refractivity contribution is 0.499. The van der Waals surface area contributed by atoms with E-state index in [4.69, 9.17) is 5.73 Å². The van der Waals surface area contributed by atoms with Gasteiger partial charge in [-0.15, -0.1) is 0 Å². The van der Waals surface area contributed by atoms with Crippen LogP contribution in [0.1, 0.15) is 24.2 Å². The molecule has 1 aliphatic heterocycles. The van der Waals surface area contributed by atoms with E-state index < -0.39 is 0 Å². The lowest BCUT2D eigenvalue weighted by Gasteiger charge is -2.30. The molecule has 0 amide bonds. The van der Waals surface area contributed by atoms with Crippen molar-refractivity contribution in [2.75, 3.05) is 18.0 Å². The quantitative estimate of drug-likeness (QED) is 0.745. The molecule has 1 unspecified atom stereocenters. The van der Waals surface area contributed by atoms with Crippen molar-refractivity contribution in [3.05, 3.63) is 17.5 Å². The number of aryl methyl sites for hydroxylation is 2. The summed E-state index contributed by atoms with van der Waals surface area (Å²) in [6.45, 7) is 5.91. The molecule has 1 aromatic heterocycles. The van der Waals surface area contributed by atoms with Gasteiger partial charge < -0.3 is 10.6 Å². The maximum absolute atomic E-state index is 5.94. The van der Waals surface area contributed by atoms with Crippen LogP contribution in [-0.2, 0) is 0 Å². The van der Waals surface area contributed by atoms with E-state index in [-0.39, 0.29) is 6.04 Å². The molecule has 1 atom stereocenters. The van der Waals surface area contributed by atoms with Gasteiger partial charge in [0.15, 0.2) is 0 Å². The molecule has 0 bridgehead atoms. The summed E-state index contributed by atoms with van der Waals surface area (Å²) in [7, 11) is 0. The van der Waals surface area contributed by atoms with Crippen LogP contribution in [0.15, 0.2) is 6.07 Å². The summed E-state index contributed by atoms with van der Waals surface area (Å²) in [4.78, 5) is 11.1. The molecule has 82 valence electrons. The van der Waals surface area contributed by atoms with Gasteiger partial charge in [-0.05, 0) is 32.8 Å². The Morgan fingerprint density at radius 1 is 1.33 bits per heavy atom. The lowest BCUT2D eigenvalue weighted by atomic mass is 10.1. The summed E-state index contributed by atoms with van der Waals surface area (Å²) in [5, 5.41) is 0. The minimum atomic E-state index is 0.267. The number of hydrogen-bond acceptors (Lipinski definition) is 4. The first kappa shape index (κ1) is 10.4. The molecule has 0 aliphatic carbocycles. The average molecular weight is 206 g/mol. The number of anilines is 1. The van der Waals surface area contributed by atoms with Gasteiger partial charge in [-0.25, -0.2) is 9.97 Å². The highest BCUT2D eigenvalue weighted by molar-refractivity contribution is 5.33. The Morgan fingerprint density at radius 3 is 2.60 bits per heavy atom. The largest absolute Gasteiger partial charge is 0.339 e. The highest BCUT2D eigenvalue weighted by Crippen LogP contribution is 2.15. The van der Waals surface area contributed by atoms with Gasteiger partial charge >= 0.3 is 0 Å². The van der Waals surface area contributed by atoms with Crippen molar-refractivity contribution in [3.8, 4) is 0 Å². The zero-order valence-corrected chi connectivity index (χ0v) is 9.40. The Balaban J connectivity index is 2.20. The van der Waals surface area contributed by atoms with E-state index in [1.165, 1.54) is 0 Å². The van der Waals surface area contributed by atoms with Gasteiger partial charge in [0.25, 0.3) is 0 Å². The highest BCUT2D eigenvalue weighted by Gasteiger charge is 2.18. The summed E-state index contributed by atoms with van der Waals surface area (Å²) >= 11 is 0. The van der Waals surface area contributed by atoms with Gasteiger partial charge in [-0.2, -0.15) is 0 Å². The molecule has 1 saturated heterocycles. The van der Waals surface area contributed by atoms with Crippen LogP contribution in [0.25, 0.3) is 0 Å². The number of piperidine rings is 1. The maximum atomic E-state index is 5.94. The predicted molar refractivity (Wildman–Crippen MR) is 60.9 cm³/mol. The van der Waals surface area contributed by atoms with Crippen LogP contribution in [0.2, 0.25) is 0 Å². The minimum absolute atomic E-state index is 0.267. The van der Waals surface area contributed by atoms with Gasteiger partial charge in [0.2, 0.25) is 5.95 Å². The van der Waals surface area contributed by atoms with Crippen LogP contribution in [0, 0.1) is 13.8 Å². The van der Waals surface area contributed by atoms with Crippen molar-refractivity contribution >= 4 is 5.95 Å². The van der Waals surface area contributed by atoms with Crippen molar-refractivity contribution in [1.29, 1.82) is 0 Å². The number of rotatable bonds is 1. The molecule has 4 nitrogen and oxygen atoms in total. The third kappa shape index (κ3) is 2.45. The molecule has 1 aliphatic rings. The topological polar surface area (TPSA) is 55.0 Å². The van der Waals surface area contributed by atoms with Crippen molar-refractivity contribution in [2.45, 2.75) is 32.7 Å². The summed E-state index contributed by atoms with van der Waals surface area (Å²) in [5.41, 5.74) is 7.99. The summed E-state index contributed by atoms with van der Waals surface area (Å²) in [6, 6.07) is 2.26. The molecule has 4 heteroatoms. The van der Waals surface area contributed by atoms with Crippen LogP contribution in [0.4, 0.5) is 5.95 Å². The second-order valence-electron chi connectivity index (χ2n) is 4.30. The maximum Gasteiger partial charge on any atom is 0.225 e. The van der Waals surface area contributed by atoms with E-state index in [1.54, 1.807) is 0 Å². The van der Waals surface area contributed by atoms with Crippen LogP contribution < -0.4 is 10.6 Å². The number of hydrogen-bond donors (Lipinski definition) is 1. The molecule has 0 spiro atoms. The first-order valence-electron chi connectivity index (χ1n) is 5.48. The van der Waals surface area contributed by atoms with Crippen LogP contribution in [-0.4, -0.2) is 29.1 Å². The standard InChI is InChI=1S/C11H18N4/c1-8-6-9(2)14-11(13-8)15-5-3-4-10(12)7-15/h6,10H,3-5,7,12H2,1-2H3. The van der Waals surface area contributed by atoms with Crippen molar-refractivity contribution in [2.24, 2.45) is 5.73 Å². The fourth-order valence-corrected chi connectivity index (χ4v) is 2.04. The highest BCUT2D eigenvalue weighted by atomic mass is 15.3. The molecule has 0 aromatic carbocycles. The molecule has 1 aromatic rings. The Bertz CT molecular complexity index is 330. The Morgan fingerprint density at radius 2 is 2.00 bits per heavy atom. The minimum Gasteiger partial charge on any atom is -0.339 e. The molecule has 0 radical (unpaired) electrons. The van der Waals surface area contributed by atoms with Crippen LogP contribution >= 0.6 is 0 Å². The van der Waals surface area contributed by atoms with Crippen LogP contribution in [0.5, 0.6) is 0 Å². The van der Waals surface area contributed by atoms with Gasteiger partial charge in [0, 0.05) is 30.5 Å². The third-order valence-corrected chi connectivity index (χ3v) is 2.71. The Labute approximate surface area is 90.5 Å². The monoisotopic (exact) mass is 206 g/mol. The van der Waals surface area contributed by atoms with E-state index in [1.807, 2.05) is 19.9 Å². The normalized spacial score (nSPS) is 21.8. The number of aromatic nitrogens is 2. The van der Waals surface area contributed by atoms with Gasteiger partial charge in [-0.3, -0.25) is 0 Å². The summed E-state index contributed by atoms with van der Waals surface area (Å²) in [5.74, 6) is 0.836. The van der Waals surface area contributed by atoms with Crippen molar-refractivity contribution in [3.63, 3.8) is 0 Å². The van der Waals surface area contributed by atoms with E-state index in [9.17, 15) is 0 Å². The summed E-state index contributed by atoms with van der Waals surface area (Å²) in [6.07, 6.45) is 2.25. The average Bonchev–Trinajstić information content (AvgIpc) is 2.16. The SMILES string of the molecule is Cc1cc(C)nc(N2CCCC(N)C2)n1. The van der Waals surface area contributed by atoms with E-state index in [0.717, 1.165) is 43.3 Å². The van der Waals surface area contributed by atoms with E-state index in [0.29, 0.717) is 0 Å². The third-order valence-electron chi connectivity index (χ3n) is 2.71. The zero-order valence-electron chi connectivity index (χ0n) is 9.40. The van der Waals surface area contributed by atoms with Crippen molar-refractivity contribution < 1.29 is 0 Å². The van der Waals surface area contributed by atoms with E-state index >= 15 is 0 Å². The number of nitrogens with two attached hydrogens (primary N) is 1. The Kier molecular flexibility index (Phi) is 2.86. The van der Waals surface area contributed by atoms with Gasteiger partial charge in [0.1, 0.15) is 0 Å². The zero-order chi connectivity index (χ0) is 10.8. The predicted octanol–water partition coefficient (Wildman–Crippen LogP) is 1.02. The fraction of sp³-hybridized carbons (Fsp3) is 0.636. The summed E-state index contributed by atoms with van der Waals surface area (Å²) < 4.78 is 0. The second kappa shape index (κ2) is 4.14. The molecule has 2 N–H and O–H groups in total. The molecular weight excluding hydrogens is 188 g/mol.